The lowest BCUT2D eigenvalue weighted by atomic mass is 10.1. The van der Waals surface area contributed by atoms with Gasteiger partial charge in [0.25, 0.3) is 0 Å². The quantitative estimate of drug-likeness (QED) is 0.715. The number of hydrogen-bond acceptors (Lipinski definition) is 4. The van der Waals surface area contributed by atoms with Crippen LogP contribution in [0.4, 0.5) is 0 Å². The van der Waals surface area contributed by atoms with Crippen molar-refractivity contribution < 1.29 is 14.6 Å². The van der Waals surface area contributed by atoms with E-state index < -0.39 is 0 Å². The van der Waals surface area contributed by atoms with Crippen molar-refractivity contribution in [1.29, 1.82) is 0 Å². The van der Waals surface area contributed by atoms with Crippen LogP contribution in [0.15, 0.2) is 18.2 Å². The first-order chi connectivity index (χ1) is 8.71. The molecule has 0 saturated carbocycles. The standard InChI is InChI=1S/C14H23NO3/c1-4-18-8-7-15(2)10-13-9-12(11-16)5-6-14(13)17-3/h5-6,9,16H,4,7-8,10-11H2,1-3H3. The van der Waals surface area contributed by atoms with Crippen LogP contribution in [0.5, 0.6) is 5.75 Å². The SMILES string of the molecule is CCOCCN(C)Cc1cc(CO)ccc1OC. The summed E-state index contributed by atoms with van der Waals surface area (Å²) in [6.07, 6.45) is 0. The zero-order valence-electron chi connectivity index (χ0n) is 11.5. The van der Waals surface area contributed by atoms with Crippen molar-refractivity contribution in [2.24, 2.45) is 0 Å². The number of likely N-dealkylation sites (N-methyl/N-ethyl adjacent to an activating group) is 1. The summed E-state index contributed by atoms with van der Waals surface area (Å²) in [4.78, 5) is 2.18. The molecular weight excluding hydrogens is 230 g/mol. The second-order valence-electron chi connectivity index (χ2n) is 4.24. The van der Waals surface area contributed by atoms with Gasteiger partial charge in [0.15, 0.2) is 0 Å². The normalized spacial score (nSPS) is 10.9. The molecule has 18 heavy (non-hydrogen) atoms. The van der Waals surface area contributed by atoms with Gasteiger partial charge in [0.05, 0.1) is 20.3 Å². The van der Waals surface area contributed by atoms with Crippen LogP contribution in [-0.2, 0) is 17.9 Å². The smallest absolute Gasteiger partial charge is 0.123 e. The molecule has 0 spiro atoms. The fourth-order valence-electron chi connectivity index (χ4n) is 1.79. The number of aliphatic hydroxyl groups excluding tert-OH is 1. The Morgan fingerprint density at radius 1 is 1.33 bits per heavy atom. The monoisotopic (exact) mass is 253 g/mol. The summed E-state index contributed by atoms with van der Waals surface area (Å²) in [7, 11) is 3.71. The van der Waals surface area contributed by atoms with Gasteiger partial charge in [-0.15, -0.1) is 0 Å². The molecule has 1 rings (SSSR count). The Kier molecular flexibility index (Phi) is 6.72. The van der Waals surface area contributed by atoms with Gasteiger partial charge in [0, 0.05) is 25.3 Å². The van der Waals surface area contributed by atoms with Gasteiger partial charge in [-0.3, -0.25) is 4.90 Å². The minimum Gasteiger partial charge on any atom is -0.496 e. The molecule has 4 heteroatoms. The number of hydrogen-bond donors (Lipinski definition) is 1. The van der Waals surface area contributed by atoms with E-state index in [2.05, 4.69) is 4.90 Å². The molecule has 0 aromatic heterocycles. The van der Waals surface area contributed by atoms with Crippen LogP contribution in [0.1, 0.15) is 18.1 Å². The molecule has 0 heterocycles. The Balaban J connectivity index is 2.63. The number of rotatable bonds is 8. The van der Waals surface area contributed by atoms with Crippen molar-refractivity contribution >= 4 is 0 Å². The molecule has 1 N–H and O–H groups in total. The lowest BCUT2D eigenvalue weighted by Gasteiger charge is -2.18. The maximum Gasteiger partial charge on any atom is 0.123 e. The number of aliphatic hydroxyl groups is 1. The minimum atomic E-state index is 0.0552. The highest BCUT2D eigenvalue weighted by atomic mass is 16.5. The van der Waals surface area contributed by atoms with Gasteiger partial charge in [0.2, 0.25) is 0 Å². The van der Waals surface area contributed by atoms with E-state index in [1.807, 2.05) is 32.2 Å². The molecule has 0 aliphatic carbocycles. The van der Waals surface area contributed by atoms with Gasteiger partial charge < -0.3 is 14.6 Å². The average molecular weight is 253 g/mol. The van der Waals surface area contributed by atoms with Crippen molar-refractivity contribution in [3.05, 3.63) is 29.3 Å². The van der Waals surface area contributed by atoms with Crippen molar-refractivity contribution in [2.75, 3.05) is 33.9 Å². The van der Waals surface area contributed by atoms with Crippen LogP contribution in [0.2, 0.25) is 0 Å². The molecular formula is C14H23NO3. The van der Waals surface area contributed by atoms with E-state index in [1.165, 1.54) is 0 Å². The second kappa shape index (κ2) is 8.08. The number of ether oxygens (including phenoxy) is 2. The fourth-order valence-corrected chi connectivity index (χ4v) is 1.79. The summed E-state index contributed by atoms with van der Waals surface area (Å²) in [5.41, 5.74) is 1.99. The van der Waals surface area contributed by atoms with Crippen LogP contribution in [0.25, 0.3) is 0 Å². The minimum absolute atomic E-state index is 0.0552. The summed E-state index contributed by atoms with van der Waals surface area (Å²) in [6, 6.07) is 5.76. The first-order valence-electron chi connectivity index (χ1n) is 6.24. The van der Waals surface area contributed by atoms with Gasteiger partial charge in [0.1, 0.15) is 5.75 Å². The third-order valence-electron chi connectivity index (χ3n) is 2.79. The first kappa shape index (κ1) is 15.0. The van der Waals surface area contributed by atoms with Crippen LogP contribution < -0.4 is 4.74 Å². The molecule has 1 aromatic rings. The Morgan fingerprint density at radius 3 is 2.72 bits per heavy atom. The first-order valence-corrected chi connectivity index (χ1v) is 6.24. The molecule has 0 aliphatic heterocycles. The largest absolute Gasteiger partial charge is 0.496 e. The Bertz CT molecular complexity index is 355. The third kappa shape index (κ3) is 4.64. The van der Waals surface area contributed by atoms with Crippen LogP contribution in [-0.4, -0.2) is 43.9 Å². The van der Waals surface area contributed by atoms with Crippen molar-refractivity contribution in [2.45, 2.75) is 20.1 Å². The molecule has 0 unspecified atom stereocenters. The summed E-state index contributed by atoms with van der Waals surface area (Å²) in [6.45, 7) is 5.18. The zero-order chi connectivity index (χ0) is 13.4. The van der Waals surface area contributed by atoms with E-state index in [0.29, 0.717) is 0 Å². The molecule has 1 aromatic carbocycles. The van der Waals surface area contributed by atoms with Gasteiger partial charge in [-0.1, -0.05) is 6.07 Å². The van der Waals surface area contributed by atoms with Gasteiger partial charge in [-0.05, 0) is 31.7 Å². The number of benzene rings is 1. The van der Waals surface area contributed by atoms with E-state index in [-0.39, 0.29) is 6.61 Å². The van der Waals surface area contributed by atoms with E-state index in [9.17, 15) is 0 Å². The Labute approximate surface area is 109 Å². The fraction of sp³-hybridized carbons (Fsp3) is 0.571. The molecule has 0 radical (unpaired) electrons. The maximum absolute atomic E-state index is 9.16. The van der Waals surface area contributed by atoms with E-state index >= 15 is 0 Å². The molecule has 0 fully saturated rings. The third-order valence-corrected chi connectivity index (χ3v) is 2.79. The average Bonchev–Trinajstić information content (AvgIpc) is 2.39. The van der Waals surface area contributed by atoms with Gasteiger partial charge >= 0.3 is 0 Å². The van der Waals surface area contributed by atoms with E-state index in [1.54, 1.807) is 7.11 Å². The summed E-state index contributed by atoms with van der Waals surface area (Å²) in [5, 5.41) is 9.16. The van der Waals surface area contributed by atoms with Crippen molar-refractivity contribution in [1.82, 2.24) is 4.90 Å². The predicted octanol–water partition coefficient (Wildman–Crippen LogP) is 1.66. The molecule has 102 valence electrons. The van der Waals surface area contributed by atoms with E-state index in [0.717, 1.165) is 43.2 Å². The summed E-state index contributed by atoms with van der Waals surface area (Å²) >= 11 is 0. The molecule has 4 nitrogen and oxygen atoms in total. The lowest BCUT2D eigenvalue weighted by molar-refractivity contribution is 0.120. The van der Waals surface area contributed by atoms with Crippen LogP contribution in [0.3, 0.4) is 0 Å². The second-order valence-corrected chi connectivity index (χ2v) is 4.24. The van der Waals surface area contributed by atoms with Crippen LogP contribution in [0, 0.1) is 0 Å². The van der Waals surface area contributed by atoms with Crippen LogP contribution >= 0.6 is 0 Å². The molecule has 0 saturated heterocycles. The van der Waals surface area contributed by atoms with Crippen molar-refractivity contribution in [3.8, 4) is 5.75 Å². The van der Waals surface area contributed by atoms with Crippen molar-refractivity contribution in [3.63, 3.8) is 0 Å². The lowest BCUT2D eigenvalue weighted by Crippen LogP contribution is -2.23. The molecule has 0 bridgehead atoms. The topological polar surface area (TPSA) is 41.9 Å². The zero-order valence-corrected chi connectivity index (χ0v) is 11.5. The highest BCUT2D eigenvalue weighted by Crippen LogP contribution is 2.21. The molecule has 0 atom stereocenters. The predicted molar refractivity (Wildman–Crippen MR) is 71.7 cm³/mol. The van der Waals surface area contributed by atoms with E-state index in [4.69, 9.17) is 14.6 Å². The summed E-state index contributed by atoms with van der Waals surface area (Å²) < 4.78 is 10.7. The van der Waals surface area contributed by atoms with Gasteiger partial charge in [-0.2, -0.15) is 0 Å². The Hall–Kier alpha value is -1.10. The number of methoxy groups -OCH3 is 1. The molecule has 0 aliphatic rings. The number of nitrogens with zero attached hydrogens (tertiary/aromatic N) is 1. The molecule has 0 amide bonds. The highest BCUT2D eigenvalue weighted by molar-refractivity contribution is 5.37. The Morgan fingerprint density at radius 2 is 2.11 bits per heavy atom. The highest BCUT2D eigenvalue weighted by Gasteiger charge is 2.07. The van der Waals surface area contributed by atoms with Gasteiger partial charge in [-0.25, -0.2) is 0 Å². The maximum atomic E-state index is 9.16. The summed E-state index contributed by atoms with van der Waals surface area (Å²) in [5.74, 6) is 0.857.